The number of hydrogen-bond acceptors (Lipinski definition) is 3. The van der Waals surface area contributed by atoms with E-state index < -0.39 is 0 Å². The smallest absolute Gasteiger partial charge is 0.261 e. The average molecular weight is 382 g/mol. The van der Waals surface area contributed by atoms with Gasteiger partial charge in [-0.3, -0.25) is 14.2 Å². The fourth-order valence-electron chi connectivity index (χ4n) is 3.52. The summed E-state index contributed by atoms with van der Waals surface area (Å²) in [5.41, 5.74) is 2.63. The SMILES string of the molecule is Cc1cc(Cl)ccc1NC(=O)c1ccc2c(=O)n3c(nc2c1)CCCCC3. The lowest BCUT2D eigenvalue weighted by molar-refractivity contribution is 0.102. The molecule has 1 aliphatic heterocycles. The summed E-state index contributed by atoms with van der Waals surface area (Å²) in [4.78, 5) is 30.1. The summed E-state index contributed by atoms with van der Waals surface area (Å²) in [5, 5.41) is 4.08. The molecule has 0 radical (unpaired) electrons. The molecule has 1 amide bonds. The molecular weight excluding hydrogens is 362 g/mol. The minimum atomic E-state index is -0.237. The first kappa shape index (κ1) is 17.7. The molecule has 3 aromatic rings. The van der Waals surface area contributed by atoms with Crippen LogP contribution in [0.5, 0.6) is 0 Å². The van der Waals surface area contributed by atoms with E-state index in [0.29, 0.717) is 27.2 Å². The van der Waals surface area contributed by atoms with Gasteiger partial charge in [-0.05, 0) is 61.7 Å². The molecule has 5 nitrogen and oxygen atoms in total. The summed E-state index contributed by atoms with van der Waals surface area (Å²) in [6, 6.07) is 10.4. The van der Waals surface area contributed by atoms with Gasteiger partial charge in [-0.15, -0.1) is 0 Å². The van der Waals surface area contributed by atoms with Gasteiger partial charge in [0, 0.05) is 29.2 Å². The zero-order valence-electron chi connectivity index (χ0n) is 15.1. The van der Waals surface area contributed by atoms with Gasteiger partial charge in [0.2, 0.25) is 0 Å². The zero-order chi connectivity index (χ0) is 19.0. The molecule has 0 fully saturated rings. The minimum absolute atomic E-state index is 0.0163. The van der Waals surface area contributed by atoms with E-state index in [1.807, 2.05) is 6.92 Å². The molecule has 2 heterocycles. The lowest BCUT2D eigenvalue weighted by atomic mass is 10.1. The average Bonchev–Trinajstić information content (AvgIpc) is 2.89. The number of aromatic nitrogens is 2. The summed E-state index contributed by atoms with van der Waals surface area (Å²) >= 11 is 5.97. The highest BCUT2D eigenvalue weighted by Gasteiger charge is 2.15. The topological polar surface area (TPSA) is 64.0 Å². The number of nitrogens with one attached hydrogen (secondary N) is 1. The fourth-order valence-corrected chi connectivity index (χ4v) is 3.75. The number of halogens is 1. The Morgan fingerprint density at radius 1 is 1.15 bits per heavy atom. The van der Waals surface area contributed by atoms with Crippen LogP contribution in [0.2, 0.25) is 5.02 Å². The van der Waals surface area contributed by atoms with Crippen molar-refractivity contribution < 1.29 is 4.79 Å². The van der Waals surface area contributed by atoms with E-state index in [-0.39, 0.29) is 11.5 Å². The van der Waals surface area contributed by atoms with Gasteiger partial charge in [0.25, 0.3) is 11.5 Å². The van der Waals surface area contributed by atoms with Gasteiger partial charge in [-0.1, -0.05) is 18.0 Å². The third-order valence-corrected chi connectivity index (χ3v) is 5.25. The van der Waals surface area contributed by atoms with Crippen LogP contribution in [0, 0.1) is 6.92 Å². The van der Waals surface area contributed by atoms with Crippen LogP contribution in [0.1, 0.15) is 41.0 Å². The number of aryl methyl sites for hydroxylation is 2. The maximum absolute atomic E-state index is 12.8. The third kappa shape index (κ3) is 3.47. The maximum atomic E-state index is 12.8. The van der Waals surface area contributed by atoms with Crippen molar-refractivity contribution in [3.8, 4) is 0 Å². The molecule has 27 heavy (non-hydrogen) atoms. The number of hydrogen-bond donors (Lipinski definition) is 1. The zero-order valence-corrected chi connectivity index (χ0v) is 15.8. The van der Waals surface area contributed by atoms with Crippen LogP contribution in [0.3, 0.4) is 0 Å². The Morgan fingerprint density at radius 3 is 2.81 bits per heavy atom. The van der Waals surface area contributed by atoms with Crippen molar-refractivity contribution in [3.63, 3.8) is 0 Å². The fraction of sp³-hybridized carbons (Fsp3) is 0.286. The number of rotatable bonds is 2. The van der Waals surface area contributed by atoms with Gasteiger partial charge in [0.15, 0.2) is 0 Å². The predicted octanol–water partition coefficient (Wildman–Crippen LogP) is 4.34. The molecule has 0 aliphatic carbocycles. The van der Waals surface area contributed by atoms with E-state index in [1.165, 1.54) is 0 Å². The Hall–Kier alpha value is -2.66. The molecular formula is C21H20ClN3O2. The summed E-state index contributed by atoms with van der Waals surface area (Å²) in [7, 11) is 0. The Balaban J connectivity index is 1.70. The van der Waals surface area contributed by atoms with Crippen molar-refractivity contribution >= 4 is 34.1 Å². The van der Waals surface area contributed by atoms with Crippen LogP contribution < -0.4 is 10.9 Å². The lowest BCUT2D eigenvalue weighted by Gasteiger charge is -2.12. The number of benzene rings is 2. The lowest BCUT2D eigenvalue weighted by Crippen LogP contribution is -2.24. The molecule has 1 aliphatic rings. The summed E-state index contributed by atoms with van der Waals surface area (Å²) in [5.74, 6) is 0.579. The van der Waals surface area contributed by atoms with Gasteiger partial charge in [-0.2, -0.15) is 0 Å². The number of carbonyl (C=O) groups excluding carboxylic acids is 1. The Labute approximate surface area is 162 Å². The number of anilines is 1. The molecule has 0 saturated heterocycles. The second-order valence-electron chi connectivity index (χ2n) is 6.94. The molecule has 6 heteroatoms. The molecule has 1 aromatic heterocycles. The van der Waals surface area contributed by atoms with E-state index in [4.69, 9.17) is 11.6 Å². The molecule has 138 valence electrons. The van der Waals surface area contributed by atoms with E-state index >= 15 is 0 Å². The molecule has 1 N–H and O–H groups in total. The molecule has 0 bridgehead atoms. The highest BCUT2D eigenvalue weighted by molar-refractivity contribution is 6.30. The third-order valence-electron chi connectivity index (χ3n) is 5.02. The number of fused-ring (bicyclic) bond motifs is 2. The van der Waals surface area contributed by atoms with Crippen molar-refractivity contribution in [2.75, 3.05) is 5.32 Å². The Bertz CT molecular complexity index is 1100. The van der Waals surface area contributed by atoms with Gasteiger partial charge in [0.1, 0.15) is 5.82 Å². The normalized spacial score (nSPS) is 13.9. The number of amides is 1. The molecule has 2 aromatic carbocycles. The molecule has 4 rings (SSSR count). The van der Waals surface area contributed by atoms with Gasteiger partial charge in [0.05, 0.1) is 10.9 Å². The summed E-state index contributed by atoms with van der Waals surface area (Å²) in [6.07, 6.45) is 3.94. The van der Waals surface area contributed by atoms with Gasteiger partial charge in [-0.25, -0.2) is 4.98 Å². The van der Waals surface area contributed by atoms with Crippen LogP contribution in [0.4, 0.5) is 5.69 Å². The maximum Gasteiger partial charge on any atom is 0.261 e. The van der Waals surface area contributed by atoms with Crippen molar-refractivity contribution in [2.45, 2.75) is 39.2 Å². The van der Waals surface area contributed by atoms with Crippen molar-refractivity contribution in [1.82, 2.24) is 9.55 Å². The van der Waals surface area contributed by atoms with Crippen LogP contribution in [0.15, 0.2) is 41.2 Å². The molecule has 0 spiro atoms. The van der Waals surface area contributed by atoms with Crippen LogP contribution >= 0.6 is 11.6 Å². The molecule has 0 atom stereocenters. The van der Waals surface area contributed by atoms with Crippen molar-refractivity contribution in [2.24, 2.45) is 0 Å². The van der Waals surface area contributed by atoms with Crippen molar-refractivity contribution in [1.29, 1.82) is 0 Å². The standard InChI is InChI=1S/C21H20ClN3O2/c1-13-11-15(22)7-9-17(13)24-20(26)14-6-8-16-18(12-14)23-19-5-3-2-4-10-25(19)21(16)27/h6-9,11-12H,2-5,10H2,1H3,(H,24,26). The van der Waals surface area contributed by atoms with E-state index in [1.54, 1.807) is 41.0 Å². The molecule has 0 saturated carbocycles. The molecule has 0 unspecified atom stereocenters. The predicted molar refractivity (Wildman–Crippen MR) is 108 cm³/mol. The summed E-state index contributed by atoms with van der Waals surface area (Å²) < 4.78 is 1.78. The first-order valence-electron chi connectivity index (χ1n) is 9.14. The van der Waals surface area contributed by atoms with E-state index in [9.17, 15) is 9.59 Å². The highest BCUT2D eigenvalue weighted by Crippen LogP contribution is 2.21. The highest BCUT2D eigenvalue weighted by atomic mass is 35.5. The second kappa shape index (κ2) is 7.16. The first-order valence-corrected chi connectivity index (χ1v) is 9.52. The number of nitrogens with zero attached hydrogens (tertiary/aromatic N) is 2. The van der Waals surface area contributed by atoms with Crippen LogP contribution in [-0.4, -0.2) is 15.5 Å². The van der Waals surface area contributed by atoms with Gasteiger partial charge < -0.3 is 5.32 Å². The largest absolute Gasteiger partial charge is 0.322 e. The Kier molecular flexibility index (Phi) is 4.70. The summed E-state index contributed by atoms with van der Waals surface area (Å²) in [6.45, 7) is 2.61. The quantitative estimate of drug-likeness (QED) is 0.718. The van der Waals surface area contributed by atoms with Gasteiger partial charge >= 0.3 is 0 Å². The Morgan fingerprint density at radius 2 is 2.00 bits per heavy atom. The first-order chi connectivity index (χ1) is 13.0. The van der Waals surface area contributed by atoms with Crippen molar-refractivity contribution in [3.05, 3.63) is 68.7 Å². The minimum Gasteiger partial charge on any atom is -0.322 e. The van der Waals surface area contributed by atoms with E-state index in [0.717, 1.165) is 43.6 Å². The van der Waals surface area contributed by atoms with E-state index in [2.05, 4.69) is 10.3 Å². The van der Waals surface area contributed by atoms with Crippen LogP contribution in [0.25, 0.3) is 10.9 Å². The number of carbonyl (C=O) groups is 1. The van der Waals surface area contributed by atoms with Crippen LogP contribution in [-0.2, 0) is 13.0 Å². The monoisotopic (exact) mass is 381 g/mol. The second-order valence-corrected chi connectivity index (χ2v) is 7.38.